The molecule has 4 rings (SSSR count). The summed E-state index contributed by atoms with van der Waals surface area (Å²) in [7, 11) is 0. The monoisotopic (exact) mass is 329 g/mol. The second kappa shape index (κ2) is 6.52. The van der Waals surface area contributed by atoms with Gasteiger partial charge in [0.2, 0.25) is 5.82 Å². The largest absolute Gasteiger partial charge is 0.465 e. The van der Waals surface area contributed by atoms with Crippen LogP contribution in [0.1, 0.15) is 6.92 Å². The van der Waals surface area contributed by atoms with E-state index in [1.165, 1.54) is 4.80 Å². The summed E-state index contributed by atoms with van der Waals surface area (Å²) in [6, 6.07) is 17.5. The van der Waals surface area contributed by atoms with Crippen molar-refractivity contribution in [1.82, 2.24) is 25.2 Å². The highest BCUT2D eigenvalue weighted by atomic mass is 16.5. The zero-order valence-electron chi connectivity index (χ0n) is 13.6. The summed E-state index contributed by atoms with van der Waals surface area (Å²) in [5.74, 6) is 1.17. The molecule has 6 nitrogen and oxygen atoms in total. The van der Waals surface area contributed by atoms with Crippen LogP contribution in [0.15, 0.2) is 73.1 Å². The molecule has 0 atom stereocenters. The van der Waals surface area contributed by atoms with Crippen LogP contribution in [0.5, 0.6) is 5.75 Å². The summed E-state index contributed by atoms with van der Waals surface area (Å²) >= 11 is 0. The van der Waals surface area contributed by atoms with Crippen molar-refractivity contribution < 1.29 is 4.74 Å². The highest BCUT2D eigenvalue weighted by molar-refractivity contribution is 5.80. The molecule has 2 aromatic heterocycles. The molecule has 0 fully saturated rings. The number of allylic oxidation sites excluding steroid dienone is 1. The summed E-state index contributed by atoms with van der Waals surface area (Å²) in [4.78, 5) is 5.91. The molecule has 0 unspecified atom stereocenters. The van der Waals surface area contributed by atoms with E-state index < -0.39 is 0 Å². The number of para-hydroxylation sites is 2. The smallest absolute Gasteiger partial charge is 0.209 e. The van der Waals surface area contributed by atoms with Gasteiger partial charge in [0, 0.05) is 5.39 Å². The number of fused-ring (bicyclic) bond motifs is 1. The molecule has 0 saturated heterocycles. The minimum Gasteiger partial charge on any atom is -0.465 e. The Labute approximate surface area is 144 Å². The van der Waals surface area contributed by atoms with E-state index in [1.54, 1.807) is 12.5 Å². The van der Waals surface area contributed by atoms with E-state index in [4.69, 9.17) is 4.74 Å². The third-order valence-electron chi connectivity index (χ3n) is 3.68. The van der Waals surface area contributed by atoms with Gasteiger partial charge in [-0.05, 0) is 36.4 Å². The molecule has 2 aromatic carbocycles. The molecule has 25 heavy (non-hydrogen) atoms. The van der Waals surface area contributed by atoms with Crippen molar-refractivity contribution in [1.29, 1.82) is 0 Å². The zero-order chi connectivity index (χ0) is 17.1. The van der Waals surface area contributed by atoms with Crippen molar-refractivity contribution in [3.63, 3.8) is 0 Å². The van der Waals surface area contributed by atoms with Crippen molar-refractivity contribution in [2.45, 2.75) is 6.92 Å². The summed E-state index contributed by atoms with van der Waals surface area (Å²) in [5, 5.41) is 13.8. The minimum atomic E-state index is 0.494. The fourth-order valence-electron chi connectivity index (χ4n) is 2.50. The number of ether oxygens (including phenoxy) is 1. The average molecular weight is 329 g/mol. The van der Waals surface area contributed by atoms with E-state index in [0.717, 1.165) is 22.2 Å². The number of nitrogens with zero attached hydrogens (tertiary/aromatic N) is 5. The predicted molar refractivity (Wildman–Crippen MR) is 95.3 cm³/mol. The van der Waals surface area contributed by atoms with Gasteiger partial charge < -0.3 is 4.74 Å². The molecule has 0 aliphatic heterocycles. The van der Waals surface area contributed by atoms with E-state index in [9.17, 15) is 0 Å². The van der Waals surface area contributed by atoms with Crippen LogP contribution in [0.25, 0.3) is 28.0 Å². The molecule has 4 aromatic rings. The van der Waals surface area contributed by atoms with Crippen LogP contribution in [0.4, 0.5) is 0 Å². The average Bonchev–Trinajstić information content (AvgIpc) is 3.16. The third kappa shape index (κ3) is 2.97. The van der Waals surface area contributed by atoms with Crippen molar-refractivity contribution in [2.75, 3.05) is 0 Å². The number of pyridine rings is 1. The van der Waals surface area contributed by atoms with Gasteiger partial charge in [-0.1, -0.05) is 36.4 Å². The maximum atomic E-state index is 5.60. The number of rotatable bonds is 4. The lowest BCUT2D eigenvalue weighted by Crippen LogP contribution is -2.00. The van der Waals surface area contributed by atoms with E-state index in [-0.39, 0.29) is 0 Å². The van der Waals surface area contributed by atoms with Crippen LogP contribution >= 0.6 is 0 Å². The van der Waals surface area contributed by atoms with E-state index in [1.807, 2.05) is 67.6 Å². The first-order valence-corrected chi connectivity index (χ1v) is 7.87. The normalized spacial score (nSPS) is 11.2. The second-order valence-electron chi connectivity index (χ2n) is 5.37. The van der Waals surface area contributed by atoms with Crippen molar-refractivity contribution in [2.24, 2.45) is 0 Å². The summed E-state index contributed by atoms with van der Waals surface area (Å²) in [6.45, 7) is 1.89. The fourth-order valence-corrected chi connectivity index (χ4v) is 2.50. The van der Waals surface area contributed by atoms with Crippen LogP contribution in [-0.4, -0.2) is 25.2 Å². The van der Waals surface area contributed by atoms with Gasteiger partial charge in [-0.3, -0.25) is 4.98 Å². The Morgan fingerprint density at radius 1 is 1.04 bits per heavy atom. The summed E-state index contributed by atoms with van der Waals surface area (Å²) < 4.78 is 5.60. The molecular formula is C19H15N5O. The SMILES string of the molecule is CC=COc1ccccc1-c1nnn(-c2cnc3ccccc3c2)n1. The van der Waals surface area contributed by atoms with E-state index in [0.29, 0.717) is 11.6 Å². The molecule has 2 heterocycles. The molecule has 0 N–H and O–H groups in total. The Kier molecular flexibility index (Phi) is 3.92. The molecule has 0 radical (unpaired) electrons. The standard InChI is InChI=1S/C19H15N5O/c1-2-11-25-18-10-6-4-8-16(18)19-21-23-24(22-19)15-12-14-7-3-5-9-17(14)20-13-15/h2-13H,1H3. The third-order valence-corrected chi connectivity index (χ3v) is 3.68. The van der Waals surface area contributed by atoms with Gasteiger partial charge in [0.25, 0.3) is 0 Å². The van der Waals surface area contributed by atoms with Gasteiger partial charge in [0.15, 0.2) is 0 Å². The van der Waals surface area contributed by atoms with Crippen LogP contribution in [-0.2, 0) is 0 Å². The predicted octanol–water partition coefficient (Wildman–Crippen LogP) is 3.79. The van der Waals surface area contributed by atoms with Gasteiger partial charge in [0.05, 0.1) is 23.5 Å². The number of hydrogen-bond donors (Lipinski definition) is 0. The molecule has 122 valence electrons. The number of hydrogen-bond acceptors (Lipinski definition) is 5. The van der Waals surface area contributed by atoms with Crippen molar-refractivity contribution >= 4 is 10.9 Å². The first-order chi connectivity index (χ1) is 12.3. The van der Waals surface area contributed by atoms with E-state index in [2.05, 4.69) is 20.4 Å². The summed E-state index contributed by atoms with van der Waals surface area (Å²) in [5.41, 5.74) is 2.46. The number of aromatic nitrogens is 5. The molecule has 0 saturated carbocycles. The Bertz CT molecular complexity index is 1050. The van der Waals surface area contributed by atoms with Crippen molar-refractivity contribution in [3.8, 4) is 22.8 Å². The van der Waals surface area contributed by atoms with Crippen molar-refractivity contribution in [3.05, 3.63) is 73.1 Å². The number of tetrazole rings is 1. The topological polar surface area (TPSA) is 65.7 Å². The molecule has 0 amide bonds. The molecule has 0 aliphatic carbocycles. The van der Waals surface area contributed by atoms with Gasteiger partial charge in [0.1, 0.15) is 11.4 Å². The molecular weight excluding hydrogens is 314 g/mol. The summed E-state index contributed by atoms with van der Waals surface area (Å²) in [6.07, 6.45) is 5.17. The molecule has 0 aliphatic rings. The van der Waals surface area contributed by atoms with Gasteiger partial charge in [-0.25, -0.2) is 0 Å². The maximum absolute atomic E-state index is 5.60. The Morgan fingerprint density at radius 2 is 1.88 bits per heavy atom. The minimum absolute atomic E-state index is 0.494. The lowest BCUT2D eigenvalue weighted by atomic mass is 10.2. The molecule has 6 heteroatoms. The first-order valence-electron chi connectivity index (χ1n) is 7.87. The van der Waals surface area contributed by atoms with Crippen LogP contribution < -0.4 is 4.74 Å². The fraction of sp³-hybridized carbons (Fsp3) is 0.0526. The quantitative estimate of drug-likeness (QED) is 0.533. The first kappa shape index (κ1) is 15.0. The lowest BCUT2D eigenvalue weighted by Gasteiger charge is -2.04. The Balaban J connectivity index is 1.72. The number of benzene rings is 2. The highest BCUT2D eigenvalue weighted by Crippen LogP contribution is 2.27. The second-order valence-corrected chi connectivity index (χ2v) is 5.37. The highest BCUT2D eigenvalue weighted by Gasteiger charge is 2.12. The van der Waals surface area contributed by atoms with Gasteiger partial charge >= 0.3 is 0 Å². The van der Waals surface area contributed by atoms with Crippen LogP contribution in [0, 0.1) is 0 Å². The van der Waals surface area contributed by atoms with E-state index >= 15 is 0 Å². The lowest BCUT2D eigenvalue weighted by molar-refractivity contribution is 0.482. The van der Waals surface area contributed by atoms with Gasteiger partial charge in [-0.2, -0.15) is 0 Å². The van der Waals surface area contributed by atoms with Crippen LogP contribution in [0.3, 0.4) is 0 Å². The Hall–Kier alpha value is -3.54. The van der Waals surface area contributed by atoms with Crippen LogP contribution in [0.2, 0.25) is 0 Å². The molecule has 0 bridgehead atoms. The Morgan fingerprint density at radius 3 is 2.80 bits per heavy atom. The molecule has 0 spiro atoms. The zero-order valence-corrected chi connectivity index (χ0v) is 13.6. The maximum Gasteiger partial charge on any atom is 0.209 e. The van der Waals surface area contributed by atoms with Gasteiger partial charge in [-0.15, -0.1) is 15.0 Å².